The van der Waals surface area contributed by atoms with Crippen molar-refractivity contribution in [3.8, 4) is 5.82 Å². The highest BCUT2D eigenvalue weighted by atomic mass is 16.4. The summed E-state index contributed by atoms with van der Waals surface area (Å²) in [6, 6.07) is 1.75. The van der Waals surface area contributed by atoms with Crippen molar-refractivity contribution in [2.45, 2.75) is 0 Å². The molecule has 0 unspecified atom stereocenters. The summed E-state index contributed by atoms with van der Waals surface area (Å²) in [4.78, 5) is 29.8. The van der Waals surface area contributed by atoms with Crippen LogP contribution in [0.15, 0.2) is 30.9 Å². The number of carboxylic acids is 1. The second-order valence-electron chi connectivity index (χ2n) is 4.30. The number of rotatable bonds is 3. The van der Waals surface area contributed by atoms with E-state index in [0.717, 1.165) is 5.46 Å². The van der Waals surface area contributed by atoms with Crippen molar-refractivity contribution in [2.24, 2.45) is 0 Å². The van der Waals surface area contributed by atoms with Crippen LogP contribution in [0.25, 0.3) is 16.7 Å². The fourth-order valence-corrected chi connectivity index (χ4v) is 2.16. The number of nitrogens with zero attached hydrogens (tertiary/aromatic N) is 3. The number of H-pyrrole nitrogens is 1. The summed E-state index contributed by atoms with van der Waals surface area (Å²) in [6.45, 7) is 0. The Labute approximate surface area is 113 Å². The van der Waals surface area contributed by atoms with E-state index >= 15 is 0 Å². The van der Waals surface area contributed by atoms with Gasteiger partial charge in [0, 0.05) is 30.2 Å². The number of carbonyl (C=O) groups is 2. The monoisotopic (exact) mass is 268 g/mol. The van der Waals surface area contributed by atoms with Crippen LogP contribution in [-0.4, -0.2) is 44.5 Å². The Hall–Kier alpha value is -2.90. The molecule has 7 nitrogen and oxygen atoms in total. The second kappa shape index (κ2) is 4.34. The smallest absolute Gasteiger partial charge is 0.377 e. The fraction of sp³-hybridized carbons (Fsp3) is 0. The van der Waals surface area contributed by atoms with Gasteiger partial charge in [0.2, 0.25) is 0 Å². The van der Waals surface area contributed by atoms with Crippen molar-refractivity contribution in [1.82, 2.24) is 19.7 Å². The highest BCUT2D eigenvalue weighted by Crippen LogP contribution is 2.21. The lowest BCUT2D eigenvalue weighted by Crippen LogP contribution is -2.16. The maximum absolute atomic E-state index is 11.7. The lowest BCUT2D eigenvalue weighted by Gasteiger charge is -2.05. The van der Waals surface area contributed by atoms with E-state index in [1.807, 2.05) is 0 Å². The first kappa shape index (κ1) is 12.2. The van der Waals surface area contributed by atoms with Crippen molar-refractivity contribution in [2.75, 3.05) is 0 Å². The first-order chi connectivity index (χ1) is 9.59. The molecule has 0 bridgehead atoms. The van der Waals surface area contributed by atoms with Crippen LogP contribution >= 0.6 is 0 Å². The van der Waals surface area contributed by atoms with Crippen LogP contribution < -0.4 is 5.46 Å². The second-order valence-corrected chi connectivity index (χ2v) is 4.30. The molecule has 0 fully saturated rings. The molecule has 0 spiro atoms. The van der Waals surface area contributed by atoms with Gasteiger partial charge < -0.3 is 10.1 Å². The van der Waals surface area contributed by atoms with E-state index in [9.17, 15) is 9.59 Å². The summed E-state index contributed by atoms with van der Waals surface area (Å²) >= 11 is 0. The van der Waals surface area contributed by atoms with E-state index in [2.05, 4.69) is 15.1 Å². The van der Waals surface area contributed by atoms with E-state index in [4.69, 9.17) is 5.11 Å². The van der Waals surface area contributed by atoms with Gasteiger partial charge in [0.15, 0.2) is 5.82 Å². The van der Waals surface area contributed by atoms with Crippen LogP contribution in [0.4, 0.5) is 0 Å². The Morgan fingerprint density at radius 3 is 2.85 bits per heavy atom. The summed E-state index contributed by atoms with van der Waals surface area (Å²) in [5.74, 6) is -1.92. The van der Waals surface area contributed by atoms with Crippen molar-refractivity contribution in [3.63, 3.8) is 0 Å². The molecule has 8 heteroatoms. The minimum Gasteiger partial charge on any atom is -0.475 e. The minimum atomic E-state index is -1.48. The van der Waals surface area contributed by atoms with E-state index in [0.29, 0.717) is 16.7 Å². The Morgan fingerprint density at radius 2 is 2.20 bits per heavy atom. The van der Waals surface area contributed by atoms with Crippen LogP contribution in [0.5, 0.6) is 0 Å². The van der Waals surface area contributed by atoms with Crippen LogP contribution in [0, 0.1) is 0 Å². The maximum atomic E-state index is 11.7. The summed E-state index contributed by atoms with van der Waals surface area (Å²) in [5, 5.41) is 13.5. The van der Waals surface area contributed by atoms with E-state index in [-0.39, 0.29) is 5.56 Å². The van der Waals surface area contributed by atoms with E-state index in [1.54, 1.807) is 37.2 Å². The Kier molecular flexibility index (Phi) is 2.64. The van der Waals surface area contributed by atoms with E-state index < -0.39 is 11.8 Å². The molecular weight excluding hydrogens is 259 g/mol. The molecule has 3 rings (SSSR count). The molecule has 98 valence electrons. The predicted octanol–water partition coefficient (Wildman–Crippen LogP) is -0.726. The van der Waals surface area contributed by atoms with Crippen molar-refractivity contribution in [3.05, 3.63) is 36.4 Å². The molecule has 2 N–H and O–H groups in total. The van der Waals surface area contributed by atoms with Gasteiger partial charge in [-0.2, -0.15) is 5.10 Å². The largest absolute Gasteiger partial charge is 0.475 e. The summed E-state index contributed by atoms with van der Waals surface area (Å²) < 4.78 is 1.55. The summed E-state index contributed by atoms with van der Waals surface area (Å²) in [6.07, 6.45) is 6.31. The maximum Gasteiger partial charge on any atom is 0.377 e. The first-order valence-corrected chi connectivity index (χ1v) is 5.84. The summed E-state index contributed by atoms with van der Waals surface area (Å²) in [5.41, 5.74) is 1.43. The molecule has 3 heterocycles. The molecule has 3 aromatic heterocycles. The van der Waals surface area contributed by atoms with Gasteiger partial charge in [-0.1, -0.05) is 5.46 Å². The zero-order valence-electron chi connectivity index (χ0n) is 10.5. The number of aromatic amines is 1. The van der Waals surface area contributed by atoms with Crippen LogP contribution in [0.1, 0.15) is 10.4 Å². The molecule has 20 heavy (non-hydrogen) atoms. The van der Waals surface area contributed by atoms with Gasteiger partial charge in [-0.05, 0) is 6.07 Å². The molecule has 3 aromatic rings. The standard InChI is InChI=1S/C12H9BN4O3/c13-7-5-15-11(17-3-1-2-16-17)9-8(7)6(4-14-9)10(18)12(19)20/h1-5,14H,13H2,(H,19,20). The predicted molar refractivity (Wildman–Crippen MR) is 73.4 cm³/mol. The number of aliphatic carboxylic acids is 1. The number of hydrogen-bond acceptors (Lipinski definition) is 4. The van der Waals surface area contributed by atoms with E-state index in [1.165, 1.54) is 6.20 Å². The van der Waals surface area contributed by atoms with Gasteiger partial charge in [-0.25, -0.2) is 14.5 Å². The van der Waals surface area contributed by atoms with Gasteiger partial charge in [0.1, 0.15) is 7.85 Å². The van der Waals surface area contributed by atoms with Gasteiger partial charge in [-0.3, -0.25) is 4.79 Å². The number of hydrogen-bond donors (Lipinski definition) is 2. The summed E-state index contributed by atoms with van der Waals surface area (Å²) in [7, 11) is 1.77. The number of aromatic nitrogens is 4. The zero-order chi connectivity index (χ0) is 14.3. The van der Waals surface area contributed by atoms with Crippen LogP contribution in [-0.2, 0) is 4.79 Å². The molecule has 0 amide bonds. The Bertz CT molecular complexity index is 823. The lowest BCUT2D eigenvalue weighted by molar-refractivity contribution is -0.131. The number of pyridine rings is 1. The number of fused-ring (bicyclic) bond motifs is 1. The highest BCUT2D eigenvalue weighted by Gasteiger charge is 2.22. The Morgan fingerprint density at radius 1 is 1.40 bits per heavy atom. The van der Waals surface area contributed by atoms with Gasteiger partial charge in [-0.15, -0.1) is 0 Å². The Balaban J connectivity index is 2.31. The molecule has 0 aliphatic carbocycles. The average Bonchev–Trinajstić information content (AvgIpc) is 3.07. The third-order valence-corrected chi connectivity index (χ3v) is 3.04. The normalized spacial score (nSPS) is 10.8. The fourth-order valence-electron chi connectivity index (χ4n) is 2.16. The number of carbonyl (C=O) groups excluding carboxylic acids is 1. The molecule has 0 atom stereocenters. The quantitative estimate of drug-likeness (QED) is 0.370. The number of ketones is 1. The van der Waals surface area contributed by atoms with Crippen molar-refractivity contribution in [1.29, 1.82) is 0 Å². The van der Waals surface area contributed by atoms with Crippen molar-refractivity contribution < 1.29 is 14.7 Å². The zero-order valence-corrected chi connectivity index (χ0v) is 10.5. The molecular formula is C12H9BN4O3. The highest BCUT2D eigenvalue weighted by molar-refractivity contribution is 6.46. The average molecular weight is 268 g/mol. The third-order valence-electron chi connectivity index (χ3n) is 3.04. The topological polar surface area (TPSA) is 101 Å². The van der Waals surface area contributed by atoms with Crippen molar-refractivity contribution >= 4 is 36.0 Å². The van der Waals surface area contributed by atoms with Gasteiger partial charge in [0.05, 0.1) is 11.1 Å². The molecule has 0 aliphatic rings. The van der Waals surface area contributed by atoms with Gasteiger partial charge >= 0.3 is 5.97 Å². The molecule has 0 saturated heterocycles. The SMILES string of the molecule is Bc1cnc(-n2cccn2)c2[nH]cc(C(=O)C(=O)O)c12. The lowest BCUT2D eigenvalue weighted by atomic mass is 9.91. The van der Waals surface area contributed by atoms with Gasteiger partial charge in [0.25, 0.3) is 5.78 Å². The molecule has 0 saturated carbocycles. The number of nitrogens with one attached hydrogen (secondary N) is 1. The van der Waals surface area contributed by atoms with Crippen LogP contribution in [0.2, 0.25) is 0 Å². The third kappa shape index (κ3) is 1.70. The molecule has 0 aromatic carbocycles. The molecule has 0 radical (unpaired) electrons. The minimum absolute atomic E-state index is 0.126. The van der Waals surface area contributed by atoms with Crippen LogP contribution in [0.3, 0.4) is 0 Å². The number of carboxylic acid groups (broad SMARTS) is 1. The first-order valence-electron chi connectivity index (χ1n) is 5.84. The number of Topliss-reactive ketones (excluding diaryl/α,β-unsaturated/α-hetero) is 1. The molecule has 0 aliphatic heterocycles.